The summed E-state index contributed by atoms with van der Waals surface area (Å²) in [6.45, 7) is 0. The number of fused-ring (bicyclic) bond motifs is 6. The van der Waals surface area contributed by atoms with Gasteiger partial charge >= 0.3 is 0 Å². The highest BCUT2D eigenvalue weighted by Crippen LogP contribution is 2.33. The SMILES string of the molecule is O=C1CC2CCCC(CCC2)C1. The van der Waals surface area contributed by atoms with Crippen molar-refractivity contribution in [3.63, 3.8) is 0 Å². The summed E-state index contributed by atoms with van der Waals surface area (Å²) in [6.07, 6.45) is 9.84. The molecule has 3 saturated carbocycles. The maximum absolute atomic E-state index is 11.4. The molecule has 2 bridgehead atoms. The number of ketones is 1. The summed E-state index contributed by atoms with van der Waals surface area (Å²) in [5.41, 5.74) is 0. The van der Waals surface area contributed by atoms with Crippen molar-refractivity contribution in [2.24, 2.45) is 11.8 Å². The number of hydrogen-bond donors (Lipinski definition) is 0. The molecule has 3 fully saturated rings. The highest BCUT2D eigenvalue weighted by Gasteiger charge is 2.24. The van der Waals surface area contributed by atoms with E-state index in [0.29, 0.717) is 5.78 Å². The minimum Gasteiger partial charge on any atom is -0.300 e. The van der Waals surface area contributed by atoms with Crippen molar-refractivity contribution in [1.82, 2.24) is 0 Å². The molecule has 68 valence electrons. The van der Waals surface area contributed by atoms with Gasteiger partial charge in [-0.25, -0.2) is 0 Å². The lowest BCUT2D eigenvalue weighted by Gasteiger charge is -2.28. The van der Waals surface area contributed by atoms with Crippen LogP contribution >= 0.6 is 0 Å². The summed E-state index contributed by atoms with van der Waals surface area (Å²) in [4.78, 5) is 11.4. The molecule has 0 aromatic heterocycles. The lowest BCUT2D eigenvalue weighted by atomic mass is 9.77. The van der Waals surface area contributed by atoms with Gasteiger partial charge in [-0.05, 0) is 11.8 Å². The standard InChI is InChI=1S/C11H18O/c12-11-7-9-3-1-4-10(8-11)6-2-5-9/h9-10H,1-8H2. The predicted octanol–water partition coefficient (Wildman–Crippen LogP) is 2.94. The van der Waals surface area contributed by atoms with Crippen molar-refractivity contribution in [2.45, 2.75) is 51.4 Å². The zero-order valence-corrected chi connectivity index (χ0v) is 7.72. The number of rotatable bonds is 0. The molecule has 0 unspecified atom stereocenters. The Morgan fingerprint density at radius 1 is 0.833 bits per heavy atom. The zero-order valence-electron chi connectivity index (χ0n) is 7.72. The number of carbonyl (C=O) groups excluding carboxylic acids is 1. The van der Waals surface area contributed by atoms with Crippen molar-refractivity contribution in [2.75, 3.05) is 0 Å². The molecule has 3 rings (SSSR count). The van der Waals surface area contributed by atoms with E-state index in [9.17, 15) is 4.79 Å². The maximum Gasteiger partial charge on any atom is 0.133 e. The van der Waals surface area contributed by atoms with Gasteiger partial charge in [0.25, 0.3) is 0 Å². The Morgan fingerprint density at radius 3 is 1.67 bits per heavy atom. The molecule has 0 aliphatic heterocycles. The van der Waals surface area contributed by atoms with Gasteiger partial charge in [0.05, 0.1) is 0 Å². The Balaban J connectivity index is 2.06. The van der Waals surface area contributed by atoms with Crippen molar-refractivity contribution >= 4 is 5.78 Å². The Hall–Kier alpha value is -0.330. The molecule has 0 aromatic rings. The van der Waals surface area contributed by atoms with Crippen molar-refractivity contribution in [3.05, 3.63) is 0 Å². The van der Waals surface area contributed by atoms with Gasteiger partial charge in [0, 0.05) is 12.8 Å². The van der Waals surface area contributed by atoms with Crippen LogP contribution in [0.3, 0.4) is 0 Å². The molecule has 1 nitrogen and oxygen atoms in total. The summed E-state index contributed by atoms with van der Waals surface area (Å²) in [5, 5.41) is 0. The normalized spacial score (nSPS) is 37.2. The first-order chi connectivity index (χ1) is 5.84. The first kappa shape index (κ1) is 8.28. The molecule has 3 aliphatic carbocycles. The van der Waals surface area contributed by atoms with E-state index in [0.717, 1.165) is 24.7 Å². The molecule has 1 heteroatoms. The topological polar surface area (TPSA) is 17.1 Å². The fourth-order valence-electron chi connectivity index (χ4n) is 2.81. The molecule has 12 heavy (non-hydrogen) atoms. The van der Waals surface area contributed by atoms with Gasteiger partial charge in [-0.1, -0.05) is 38.5 Å². The quantitative estimate of drug-likeness (QED) is 0.540. The average Bonchev–Trinajstić information content (AvgIpc) is 1.91. The lowest BCUT2D eigenvalue weighted by Crippen LogP contribution is -2.20. The van der Waals surface area contributed by atoms with Crippen LogP contribution in [0.25, 0.3) is 0 Å². The molecular weight excluding hydrogens is 148 g/mol. The summed E-state index contributed by atoms with van der Waals surface area (Å²) < 4.78 is 0. The molecule has 0 radical (unpaired) electrons. The predicted molar refractivity (Wildman–Crippen MR) is 48.9 cm³/mol. The molecule has 0 saturated heterocycles. The summed E-state index contributed by atoms with van der Waals surface area (Å²) in [6, 6.07) is 0. The Bertz CT molecular complexity index is 148. The van der Waals surface area contributed by atoms with E-state index < -0.39 is 0 Å². The van der Waals surface area contributed by atoms with Gasteiger partial charge in [0.2, 0.25) is 0 Å². The zero-order chi connectivity index (χ0) is 8.39. The van der Waals surface area contributed by atoms with Crippen molar-refractivity contribution in [1.29, 1.82) is 0 Å². The van der Waals surface area contributed by atoms with E-state index >= 15 is 0 Å². The van der Waals surface area contributed by atoms with Crippen LogP contribution in [0.1, 0.15) is 51.4 Å². The van der Waals surface area contributed by atoms with Crippen molar-refractivity contribution in [3.8, 4) is 0 Å². The van der Waals surface area contributed by atoms with Crippen LogP contribution in [0.5, 0.6) is 0 Å². The summed E-state index contributed by atoms with van der Waals surface area (Å²) >= 11 is 0. The maximum atomic E-state index is 11.4. The van der Waals surface area contributed by atoms with Gasteiger partial charge < -0.3 is 0 Å². The third kappa shape index (κ3) is 1.88. The van der Waals surface area contributed by atoms with Crippen LogP contribution in [0.4, 0.5) is 0 Å². The molecule has 0 N–H and O–H groups in total. The van der Waals surface area contributed by atoms with E-state index in [1.807, 2.05) is 0 Å². The Labute approximate surface area is 74.5 Å². The Morgan fingerprint density at radius 2 is 1.25 bits per heavy atom. The van der Waals surface area contributed by atoms with E-state index in [1.54, 1.807) is 0 Å². The van der Waals surface area contributed by atoms with E-state index in [2.05, 4.69) is 0 Å². The van der Waals surface area contributed by atoms with Gasteiger partial charge in [-0.3, -0.25) is 4.79 Å². The number of carbonyl (C=O) groups is 1. The van der Waals surface area contributed by atoms with Gasteiger partial charge in [0.1, 0.15) is 5.78 Å². The fraction of sp³-hybridized carbons (Fsp3) is 0.909. The van der Waals surface area contributed by atoms with Gasteiger partial charge in [0.15, 0.2) is 0 Å². The minimum absolute atomic E-state index is 0.546. The van der Waals surface area contributed by atoms with Crippen LogP contribution < -0.4 is 0 Å². The summed E-state index contributed by atoms with van der Waals surface area (Å²) in [5.74, 6) is 2.04. The molecule has 0 atom stereocenters. The third-order valence-electron chi connectivity index (χ3n) is 3.48. The first-order valence-corrected chi connectivity index (χ1v) is 5.36. The third-order valence-corrected chi connectivity index (χ3v) is 3.48. The molecule has 0 aromatic carbocycles. The first-order valence-electron chi connectivity index (χ1n) is 5.36. The second-order valence-electron chi connectivity index (χ2n) is 4.54. The van der Waals surface area contributed by atoms with Crippen LogP contribution in [0.15, 0.2) is 0 Å². The fourth-order valence-corrected chi connectivity index (χ4v) is 2.81. The Kier molecular flexibility index (Phi) is 2.48. The molecule has 0 heterocycles. The summed E-state index contributed by atoms with van der Waals surface area (Å²) in [7, 11) is 0. The van der Waals surface area contributed by atoms with Crippen molar-refractivity contribution < 1.29 is 4.79 Å². The van der Waals surface area contributed by atoms with Crippen LogP contribution in [0.2, 0.25) is 0 Å². The highest BCUT2D eigenvalue weighted by molar-refractivity contribution is 5.79. The van der Waals surface area contributed by atoms with E-state index in [1.165, 1.54) is 38.5 Å². The number of hydrogen-bond acceptors (Lipinski definition) is 1. The second kappa shape index (κ2) is 3.59. The molecular formula is C11H18O. The van der Waals surface area contributed by atoms with E-state index in [4.69, 9.17) is 0 Å². The van der Waals surface area contributed by atoms with E-state index in [-0.39, 0.29) is 0 Å². The highest BCUT2D eigenvalue weighted by atomic mass is 16.1. The monoisotopic (exact) mass is 166 g/mol. The minimum atomic E-state index is 0.546. The second-order valence-corrected chi connectivity index (χ2v) is 4.54. The van der Waals surface area contributed by atoms with Crippen LogP contribution in [-0.4, -0.2) is 5.78 Å². The largest absolute Gasteiger partial charge is 0.300 e. The van der Waals surface area contributed by atoms with Crippen LogP contribution in [-0.2, 0) is 4.79 Å². The van der Waals surface area contributed by atoms with Crippen LogP contribution in [0, 0.1) is 11.8 Å². The molecule has 3 aliphatic rings. The average molecular weight is 166 g/mol. The molecule has 0 amide bonds. The number of Topliss-reactive ketones (excluding diaryl/α,β-unsaturated/α-hetero) is 1. The van der Waals surface area contributed by atoms with Gasteiger partial charge in [-0.15, -0.1) is 0 Å². The lowest BCUT2D eigenvalue weighted by molar-refractivity contribution is -0.122. The molecule has 0 spiro atoms. The van der Waals surface area contributed by atoms with Gasteiger partial charge in [-0.2, -0.15) is 0 Å². The smallest absolute Gasteiger partial charge is 0.133 e.